The van der Waals surface area contributed by atoms with Crippen LogP contribution in [-0.4, -0.2) is 17.9 Å². The number of hydrogen-bond donors (Lipinski definition) is 1. The predicted molar refractivity (Wildman–Crippen MR) is 80.8 cm³/mol. The third-order valence-corrected chi connectivity index (χ3v) is 3.43. The van der Waals surface area contributed by atoms with E-state index in [1.54, 1.807) is 24.1 Å². The molecule has 0 aliphatic heterocycles. The van der Waals surface area contributed by atoms with Gasteiger partial charge in [-0.3, -0.25) is 4.79 Å². The second-order valence-electron chi connectivity index (χ2n) is 4.37. The Balaban J connectivity index is 2.12. The number of halogens is 1. The maximum absolute atomic E-state index is 12.2. The zero-order valence-electron chi connectivity index (χ0n) is 10.6. The van der Waals surface area contributed by atoms with E-state index in [1.807, 2.05) is 36.4 Å². The molecule has 0 spiro atoms. The van der Waals surface area contributed by atoms with Crippen LogP contribution in [0.4, 0.5) is 5.69 Å². The van der Waals surface area contributed by atoms with E-state index in [4.69, 9.17) is 5.73 Å². The fourth-order valence-electron chi connectivity index (χ4n) is 1.82. The molecule has 0 aliphatic rings. The molecule has 1 amide bonds. The number of nitrogens with zero attached hydrogens (tertiary/aromatic N) is 1. The van der Waals surface area contributed by atoms with Crippen molar-refractivity contribution in [2.24, 2.45) is 0 Å². The molecule has 98 valence electrons. The lowest BCUT2D eigenvalue weighted by molar-refractivity contribution is 0.0785. The van der Waals surface area contributed by atoms with Crippen LogP contribution in [0, 0.1) is 0 Å². The van der Waals surface area contributed by atoms with Gasteiger partial charge >= 0.3 is 0 Å². The maximum Gasteiger partial charge on any atom is 0.253 e. The first-order valence-corrected chi connectivity index (χ1v) is 6.71. The third-order valence-electron chi connectivity index (χ3n) is 2.90. The predicted octanol–water partition coefficient (Wildman–Crippen LogP) is 3.30. The Bertz CT molecular complexity index is 581. The Morgan fingerprint density at radius 1 is 1.16 bits per heavy atom. The van der Waals surface area contributed by atoms with E-state index in [0.29, 0.717) is 17.8 Å². The molecule has 2 rings (SSSR count). The highest BCUT2D eigenvalue weighted by molar-refractivity contribution is 9.10. The summed E-state index contributed by atoms with van der Waals surface area (Å²) in [5, 5.41) is 0. The van der Waals surface area contributed by atoms with Gasteiger partial charge in [0, 0.05) is 29.3 Å². The highest BCUT2D eigenvalue weighted by Gasteiger charge is 2.12. The van der Waals surface area contributed by atoms with E-state index in [2.05, 4.69) is 15.9 Å². The fourth-order valence-corrected chi connectivity index (χ4v) is 2.08. The zero-order chi connectivity index (χ0) is 13.8. The number of amides is 1. The number of rotatable bonds is 3. The van der Waals surface area contributed by atoms with Crippen molar-refractivity contribution in [1.29, 1.82) is 0 Å². The van der Waals surface area contributed by atoms with Crippen molar-refractivity contribution in [1.82, 2.24) is 4.90 Å². The van der Waals surface area contributed by atoms with Crippen molar-refractivity contribution in [3.05, 3.63) is 64.1 Å². The largest absolute Gasteiger partial charge is 0.398 e. The molecule has 0 aromatic heterocycles. The van der Waals surface area contributed by atoms with Crippen molar-refractivity contribution < 1.29 is 4.79 Å². The second kappa shape index (κ2) is 5.89. The van der Waals surface area contributed by atoms with Crippen LogP contribution in [0.3, 0.4) is 0 Å². The fraction of sp³-hybridized carbons (Fsp3) is 0.133. The number of nitrogens with two attached hydrogens (primary N) is 1. The average molecular weight is 319 g/mol. The molecular formula is C15H15BrN2O. The topological polar surface area (TPSA) is 46.3 Å². The molecule has 2 N–H and O–H groups in total. The number of anilines is 1. The highest BCUT2D eigenvalue weighted by Crippen LogP contribution is 2.16. The van der Waals surface area contributed by atoms with E-state index in [-0.39, 0.29) is 5.91 Å². The summed E-state index contributed by atoms with van der Waals surface area (Å²) in [6, 6.07) is 14.9. The van der Waals surface area contributed by atoms with Crippen LogP contribution in [-0.2, 0) is 6.54 Å². The smallest absolute Gasteiger partial charge is 0.253 e. The quantitative estimate of drug-likeness (QED) is 0.882. The van der Waals surface area contributed by atoms with Crippen LogP contribution in [0.2, 0.25) is 0 Å². The number of carbonyl (C=O) groups is 1. The highest BCUT2D eigenvalue weighted by atomic mass is 79.9. The molecule has 0 unspecified atom stereocenters. The van der Waals surface area contributed by atoms with Crippen LogP contribution in [0.5, 0.6) is 0 Å². The van der Waals surface area contributed by atoms with Gasteiger partial charge in [-0.1, -0.05) is 34.1 Å². The monoisotopic (exact) mass is 318 g/mol. The Kier molecular flexibility index (Phi) is 4.22. The van der Waals surface area contributed by atoms with Gasteiger partial charge in [0.2, 0.25) is 0 Å². The first-order chi connectivity index (χ1) is 9.08. The molecule has 4 heteroatoms. The van der Waals surface area contributed by atoms with Crippen molar-refractivity contribution in [3.8, 4) is 0 Å². The summed E-state index contributed by atoms with van der Waals surface area (Å²) in [7, 11) is 1.77. The SMILES string of the molecule is CN(Cc1ccccc1N)C(=O)c1ccc(Br)cc1. The van der Waals surface area contributed by atoms with Crippen LogP contribution < -0.4 is 5.73 Å². The number of benzene rings is 2. The summed E-state index contributed by atoms with van der Waals surface area (Å²) in [4.78, 5) is 13.9. The lowest BCUT2D eigenvalue weighted by atomic mass is 10.1. The van der Waals surface area contributed by atoms with Gasteiger partial charge in [-0.05, 0) is 35.9 Å². The lowest BCUT2D eigenvalue weighted by Gasteiger charge is -2.18. The third kappa shape index (κ3) is 3.35. The summed E-state index contributed by atoms with van der Waals surface area (Å²) >= 11 is 3.35. The summed E-state index contributed by atoms with van der Waals surface area (Å²) < 4.78 is 0.957. The van der Waals surface area contributed by atoms with Gasteiger partial charge in [-0.2, -0.15) is 0 Å². The second-order valence-corrected chi connectivity index (χ2v) is 5.28. The van der Waals surface area contributed by atoms with E-state index in [9.17, 15) is 4.79 Å². The average Bonchev–Trinajstić information content (AvgIpc) is 2.41. The minimum absolute atomic E-state index is 0.0178. The van der Waals surface area contributed by atoms with Gasteiger partial charge in [-0.15, -0.1) is 0 Å². The van der Waals surface area contributed by atoms with Crippen LogP contribution in [0.1, 0.15) is 15.9 Å². The summed E-state index contributed by atoms with van der Waals surface area (Å²) in [5.41, 5.74) is 8.21. The molecule has 0 bridgehead atoms. The normalized spacial score (nSPS) is 10.2. The number of hydrogen-bond acceptors (Lipinski definition) is 2. The summed E-state index contributed by atoms with van der Waals surface area (Å²) in [5.74, 6) is -0.0178. The van der Waals surface area contributed by atoms with Crippen molar-refractivity contribution in [2.45, 2.75) is 6.54 Å². The van der Waals surface area contributed by atoms with Gasteiger partial charge in [-0.25, -0.2) is 0 Å². The van der Waals surface area contributed by atoms with Crippen LogP contribution >= 0.6 is 15.9 Å². The molecule has 19 heavy (non-hydrogen) atoms. The van der Waals surface area contributed by atoms with Crippen molar-refractivity contribution in [2.75, 3.05) is 12.8 Å². The number of carbonyl (C=O) groups excluding carboxylic acids is 1. The minimum Gasteiger partial charge on any atom is -0.398 e. The van der Waals surface area contributed by atoms with Crippen molar-refractivity contribution >= 4 is 27.5 Å². The number of para-hydroxylation sites is 1. The molecule has 0 saturated carbocycles. The molecule has 0 aliphatic carbocycles. The molecule has 2 aromatic carbocycles. The molecule has 0 saturated heterocycles. The molecule has 0 atom stereocenters. The molecule has 2 aromatic rings. The standard InChI is InChI=1S/C15H15BrN2O/c1-18(10-12-4-2-3-5-14(12)17)15(19)11-6-8-13(16)9-7-11/h2-9H,10,17H2,1H3. The molecule has 3 nitrogen and oxygen atoms in total. The van der Waals surface area contributed by atoms with E-state index in [1.165, 1.54) is 0 Å². The summed E-state index contributed by atoms with van der Waals surface area (Å²) in [6.45, 7) is 0.502. The van der Waals surface area contributed by atoms with Gasteiger partial charge in [0.25, 0.3) is 5.91 Å². The van der Waals surface area contributed by atoms with Crippen LogP contribution in [0.25, 0.3) is 0 Å². The van der Waals surface area contributed by atoms with Gasteiger partial charge < -0.3 is 10.6 Å². The first-order valence-electron chi connectivity index (χ1n) is 5.92. The molecular weight excluding hydrogens is 304 g/mol. The minimum atomic E-state index is -0.0178. The van der Waals surface area contributed by atoms with Gasteiger partial charge in [0.05, 0.1) is 0 Å². The Labute approximate surface area is 121 Å². The Morgan fingerprint density at radius 2 is 1.79 bits per heavy atom. The Morgan fingerprint density at radius 3 is 2.42 bits per heavy atom. The van der Waals surface area contributed by atoms with E-state index in [0.717, 1.165) is 10.0 Å². The molecule has 0 heterocycles. The zero-order valence-corrected chi connectivity index (χ0v) is 12.2. The van der Waals surface area contributed by atoms with Crippen molar-refractivity contribution in [3.63, 3.8) is 0 Å². The van der Waals surface area contributed by atoms with E-state index < -0.39 is 0 Å². The molecule has 0 radical (unpaired) electrons. The lowest BCUT2D eigenvalue weighted by Crippen LogP contribution is -2.26. The number of nitrogen functional groups attached to an aromatic ring is 1. The van der Waals surface area contributed by atoms with Crippen LogP contribution in [0.15, 0.2) is 53.0 Å². The Hall–Kier alpha value is -1.81. The van der Waals surface area contributed by atoms with E-state index >= 15 is 0 Å². The molecule has 0 fully saturated rings. The van der Waals surface area contributed by atoms with Gasteiger partial charge in [0.15, 0.2) is 0 Å². The van der Waals surface area contributed by atoms with Gasteiger partial charge in [0.1, 0.15) is 0 Å². The summed E-state index contributed by atoms with van der Waals surface area (Å²) in [6.07, 6.45) is 0. The maximum atomic E-state index is 12.2. The first kappa shape index (κ1) is 13.6.